The zero-order chi connectivity index (χ0) is 15.3. The number of hydrogen-bond donors (Lipinski definition) is 0. The van der Waals surface area contributed by atoms with Gasteiger partial charge in [-0.15, -0.1) is 0 Å². The molecule has 0 nitrogen and oxygen atoms in total. The maximum absolute atomic E-state index is 2.48. The molecule has 2 aliphatic rings. The monoisotopic (exact) mass is 302 g/mol. The predicted molar refractivity (Wildman–Crippen MR) is 98.0 cm³/mol. The van der Waals surface area contributed by atoms with E-state index in [9.17, 15) is 0 Å². The lowest BCUT2D eigenvalue weighted by Crippen LogP contribution is -2.21. The zero-order valence-corrected chi connectivity index (χ0v) is 14.6. The Hall–Kier alpha value is -1.86. The first kappa shape index (κ1) is 13.8. The Kier molecular flexibility index (Phi) is 3.02. The molecule has 0 saturated carbocycles. The van der Waals surface area contributed by atoms with Gasteiger partial charge in [-0.2, -0.15) is 0 Å². The molecule has 0 heterocycles. The van der Waals surface area contributed by atoms with Crippen molar-refractivity contribution in [1.29, 1.82) is 0 Å². The van der Waals surface area contributed by atoms with E-state index in [1.54, 1.807) is 5.20 Å². The van der Waals surface area contributed by atoms with Crippen LogP contribution < -0.4 is 0 Å². The fraction of sp³-hybridized carbons (Fsp3) is 0.238. The van der Waals surface area contributed by atoms with Crippen LogP contribution in [0.25, 0.3) is 11.1 Å². The molecule has 0 saturated heterocycles. The maximum Gasteiger partial charge on any atom is 0.0772 e. The summed E-state index contributed by atoms with van der Waals surface area (Å²) in [7, 11) is -1.20. The molecule has 2 aliphatic carbocycles. The predicted octanol–water partition coefficient (Wildman–Crippen LogP) is 5.72. The van der Waals surface area contributed by atoms with E-state index in [2.05, 4.69) is 80.3 Å². The van der Waals surface area contributed by atoms with Gasteiger partial charge in [0.15, 0.2) is 0 Å². The average molecular weight is 302 g/mol. The highest BCUT2D eigenvalue weighted by Crippen LogP contribution is 2.39. The molecule has 2 aromatic rings. The summed E-state index contributed by atoms with van der Waals surface area (Å²) in [5, 5.41) is 1.58. The van der Waals surface area contributed by atoms with Crippen LogP contribution in [0.3, 0.4) is 0 Å². The first-order valence-corrected chi connectivity index (χ1v) is 11.6. The smallest absolute Gasteiger partial charge is 0.0740 e. The van der Waals surface area contributed by atoms with Gasteiger partial charge >= 0.3 is 0 Å². The quantitative estimate of drug-likeness (QED) is 0.531. The second kappa shape index (κ2) is 4.82. The third kappa shape index (κ3) is 2.21. The Labute approximate surface area is 134 Å². The Bertz CT molecular complexity index is 803. The van der Waals surface area contributed by atoms with E-state index in [1.807, 2.05) is 0 Å². The number of rotatable bonds is 2. The molecule has 0 amide bonds. The van der Waals surface area contributed by atoms with Gasteiger partial charge in [-0.25, -0.2) is 0 Å². The lowest BCUT2D eigenvalue weighted by Gasteiger charge is -2.16. The molecule has 1 atom stereocenters. The number of allylic oxidation sites excluding steroid dienone is 4. The Morgan fingerprint density at radius 1 is 0.909 bits per heavy atom. The van der Waals surface area contributed by atoms with Crippen LogP contribution in [0.2, 0.25) is 19.6 Å². The van der Waals surface area contributed by atoms with Crippen molar-refractivity contribution in [3.63, 3.8) is 0 Å². The van der Waals surface area contributed by atoms with Gasteiger partial charge in [0.1, 0.15) is 0 Å². The van der Waals surface area contributed by atoms with E-state index in [4.69, 9.17) is 0 Å². The summed E-state index contributed by atoms with van der Waals surface area (Å²) >= 11 is 0. The van der Waals surface area contributed by atoms with E-state index in [1.165, 1.54) is 27.8 Å². The molecular weight excluding hydrogens is 280 g/mol. The third-order valence-electron chi connectivity index (χ3n) is 4.91. The number of benzene rings is 2. The van der Waals surface area contributed by atoms with Gasteiger partial charge < -0.3 is 0 Å². The van der Waals surface area contributed by atoms with Crippen molar-refractivity contribution in [2.24, 2.45) is 0 Å². The fourth-order valence-electron chi connectivity index (χ4n) is 3.59. The summed E-state index contributed by atoms with van der Waals surface area (Å²) in [5.74, 6) is 0.468. The highest BCUT2D eigenvalue weighted by Gasteiger charge is 2.24. The van der Waals surface area contributed by atoms with Crippen molar-refractivity contribution < 1.29 is 0 Å². The third-order valence-corrected chi connectivity index (χ3v) is 6.98. The Morgan fingerprint density at radius 2 is 1.68 bits per heavy atom. The molecular formula is C21H22Si. The molecule has 0 spiro atoms. The molecule has 0 N–H and O–H groups in total. The molecule has 1 unspecified atom stereocenters. The van der Waals surface area contributed by atoms with Crippen molar-refractivity contribution in [3.8, 4) is 11.1 Å². The summed E-state index contributed by atoms with van der Waals surface area (Å²) in [6.45, 7) is 7.26. The normalized spacial score (nSPS) is 19.0. The van der Waals surface area contributed by atoms with Gasteiger partial charge in [-0.3, -0.25) is 0 Å². The van der Waals surface area contributed by atoms with E-state index < -0.39 is 8.07 Å². The van der Waals surface area contributed by atoms with E-state index >= 15 is 0 Å². The second-order valence-corrected chi connectivity index (χ2v) is 12.6. The van der Waals surface area contributed by atoms with Crippen LogP contribution in [0.15, 0.2) is 65.9 Å². The van der Waals surface area contributed by atoms with E-state index in [0.29, 0.717) is 5.92 Å². The van der Waals surface area contributed by atoms with Crippen molar-refractivity contribution >= 4 is 8.07 Å². The number of hydrogen-bond acceptors (Lipinski definition) is 0. The summed E-state index contributed by atoms with van der Waals surface area (Å²) in [6.07, 6.45) is 8.30. The lowest BCUT2D eigenvalue weighted by molar-refractivity contribution is 1.09. The van der Waals surface area contributed by atoms with Crippen LogP contribution in [0.5, 0.6) is 0 Å². The van der Waals surface area contributed by atoms with E-state index in [0.717, 1.165) is 6.42 Å². The standard InChI is InChI=1S/C21H22Si/c1-22(2,3)19-10-8-16(14-19)15-9-11-21-18(12-15)13-17-6-4-5-7-20(17)21/h4-12,14,16H,13H2,1-3H3. The Morgan fingerprint density at radius 3 is 2.45 bits per heavy atom. The molecule has 0 fully saturated rings. The topological polar surface area (TPSA) is 0 Å². The van der Waals surface area contributed by atoms with Gasteiger partial charge in [0.25, 0.3) is 0 Å². The van der Waals surface area contributed by atoms with Gasteiger partial charge in [-0.05, 0) is 34.2 Å². The minimum absolute atomic E-state index is 0.468. The van der Waals surface area contributed by atoms with E-state index in [-0.39, 0.29) is 0 Å². The minimum Gasteiger partial charge on any atom is -0.0740 e. The van der Waals surface area contributed by atoms with Crippen molar-refractivity contribution in [2.75, 3.05) is 0 Å². The molecule has 0 bridgehead atoms. The van der Waals surface area contributed by atoms with Crippen LogP contribution >= 0.6 is 0 Å². The highest BCUT2D eigenvalue weighted by molar-refractivity contribution is 6.83. The van der Waals surface area contributed by atoms with Gasteiger partial charge in [0.05, 0.1) is 8.07 Å². The second-order valence-electron chi connectivity index (χ2n) is 7.51. The molecule has 0 radical (unpaired) electrons. The van der Waals surface area contributed by atoms with Crippen LogP contribution in [0.1, 0.15) is 22.6 Å². The van der Waals surface area contributed by atoms with Crippen LogP contribution in [-0.4, -0.2) is 8.07 Å². The molecule has 22 heavy (non-hydrogen) atoms. The van der Waals surface area contributed by atoms with Crippen molar-refractivity contribution in [3.05, 3.63) is 82.6 Å². The fourth-order valence-corrected chi connectivity index (χ4v) is 4.87. The average Bonchev–Trinajstić information content (AvgIpc) is 3.11. The SMILES string of the molecule is C[Si](C)(C)C1=CC(c2ccc3c(c2)Cc2ccccc2-3)C=C1. The molecule has 1 heteroatoms. The summed E-state index contributed by atoms with van der Waals surface area (Å²) in [4.78, 5) is 0. The van der Waals surface area contributed by atoms with Crippen LogP contribution in [0, 0.1) is 0 Å². The molecule has 0 aromatic heterocycles. The van der Waals surface area contributed by atoms with Crippen molar-refractivity contribution in [2.45, 2.75) is 32.0 Å². The van der Waals surface area contributed by atoms with Gasteiger partial charge in [0.2, 0.25) is 0 Å². The molecule has 2 aromatic carbocycles. The van der Waals surface area contributed by atoms with Crippen LogP contribution in [-0.2, 0) is 6.42 Å². The minimum atomic E-state index is -1.20. The lowest BCUT2D eigenvalue weighted by atomic mass is 9.96. The maximum atomic E-state index is 2.48. The molecule has 4 rings (SSSR count). The summed E-state index contributed by atoms with van der Waals surface area (Å²) in [5.41, 5.74) is 7.24. The zero-order valence-electron chi connectivity index (χ0n) is 13.6. The number of fused-ring (bicyclic) bond motifs is 3. The molecule has 110 valence electrons. The summed E-state index contributed by atoms with van der Waals surface area (Å²) in [6, 6.07) is 15.9. The van der Waals surface area contributed by atoms with Crippen molar-refractivity contribution in [1.82, 2.24) is 0 Å². The van der Waals surface area contributed by atoms with Gasteiger partial charge in [0, 0.05) is 5.92 Å². The van der Waals surface area contributed by atoms with Gasteiger partial charge in [-0.1, -0.05) is 85.5 Å². The Balaban J connectivity index is 1.69. The summed E-state index contributed by atoms with van der Waals surface area (Å²) < 4.78 is 0. The molecule has 0 aliphatic heterocycles. The highest BCUT2D eigenvalue weighted by atomic mass is 28.3. The first-order chi connectivity index (χ1) is 10.5. The first-order valence-electron chi connectivity index (χ1n) is 8.14. The largest absolute Gasteiger partial charge is 0.0772 e. The van der Waals surface area contributed by atoms with Crippen LogP contribution in [0.4, 0.5) is 0 Å².